The highest BCUT2D eigenvalue weighted by molar-refractivity contribution is 5.90. The molecule has 1 atom stereocenters. The lowest BCUT2D eigenvalue weighted by Gasteiger charge is -2.36. The van der Waals surface area contributed by atoms with Crippen LogP contribution in [0.5, 0.6) is 5.75 Å². The van der Waals surface area contributed by atoms with Gasteiger partial charge in [-0.3, -0.25) is 9.69 Å². The molecule has 0 radical (unpaired) electrons. The molecule has 7 heteroatoms. The number of carbonyl (C=O) groups is 2. The highest BCUT2D eigenvalue weighted by atomic mass is 19.1. The van der Waals surface area contributed by atoms with Crippen LogP contribution in [0.25, 0.3) is 0 Å². The number of rotatable bonds is 8. The third kappa shape index (κ3) is 6.94. The minimum atomic E-state index is -0.697. The van der Waals surface area contributed by atoms with Crippen molar-refractivity contribution in [2.24, 2.45) is 0 Å². The van der Waals surface area contributed by atoms with Crippen molar-refractivity contribution in [2.75, 3.05) is 19.6 Å². The van der Waals surface area contributed by atoms with Gasteiger partial charge >= 0.3 is 5.97 Å². The summed E-state index contributed by atoms with van der Waals surface area (Å²) >= 11 is 0. The van der Waals surface area contributed by atoms with Crippen LogP contribution < -0.4 is 4.74 Å². The third-order valence-electron chi connectivity index (χ3n) is 6.40. The molecule has 1 aliphatic heterocycles. The van der Waals surface area contributed by atoms with E-state index in [9.17, 15) is 14.0 Å². The van der Waals surface area contributed by atoms with Gasteiger partial charge in [0.15, 0.2) is 0 Å². The van der Waals surface area contributed by atoms with Crippen molar-refractivity contribution in [1.29, 1.82) is 0 Å². The summed E-state index contributed by atoms with van der Waals surface area (Å²) < 4.78 is 26.6. The monoisotopic (exact) mass is 476 g/mol. The molecular formula is C27H41FN2O4. The van der Waals surface area contributed by atoms with E-state index >= 15 is 0 Å². The Balaban J connectivity index is 1.73. The molecule has 0 spiro atoms. The Morgan fingerprint density at radius 2 is 1.76 bits per heavy atom. The molecule has 6 nitrogen and oxygen atoms in total. The first-order chi connectivity index (χ1) is 15.9. The van der Waals surface area contributed by atoms with E-state index in [1.54, 1.807) is 26.8 Å². The first kappa shape index (κ1) is 26.5. The lowest BCUT2D eigenvalue weighted by molar-refractivity contribution is -0.136. The Labute approximate surface area is 203 Å². The van der Waals surface area contributed by atoms with Gasteiger partial charge in [-0.2, -0.15) is 0 Å². The van der Waals surface area contributed by atoms with E-state index in [1.165, 1.54) is 6.07 Å². The quantitative estimate of drug-likeness (QED) is 0.486. The number of esters is 1. The van der Waals surface area contributed by atoms with Gasteiger partial charge in [0.25, 0.3) is 0 Å². The van der Waals surface area contributed by atoms with E-state index in [4.69, 9.17) is 9.47 Å². The number of hydrogen-bond donors (Lipinski definition) is 0. The minimum Gasteiger partial charge on any atom is -0.488 e. The largest absolute Gasteiger partial charge is 0.488 e. The fourth-order valence-corrected chi connectivity index (χ4v) is 4.53. The number of halogens is 1. The van der Waals surface area contributed by atoms with Crippen LogP contribution in [0.15, 0.2) is 12.1 Å². The molecule has 0 unspecified atom stereocenters. The normalized spacial score (nSPS) is 19.1. The first-order valence-electron chi connectivity index (χ1n) is 12.6. The van der Waals surface area contributed by atoms with Gasteiger partial charge < -0.3 is 14.4 Å². The maximum Gasteiger partial charge on any atom is 0.341 e. The summed E-state index contributed by atoms with van der Waals surface area (Å²) in [7, 11) is 0. The highest BCUT2D eigenvalue weighted by Gasteiger charge is 2.33. The molecule has 1 heterocycles. The predicted molar refractivity (Wildman–Crippen MR) is 131 cm³/mol. The van der Waals surface area contributed by atoms with E-state index in [-0.39, 0.29) is 35.6 Å². The molecule has 2 aliphatic rings. The van der Waals surface area contributed by atoms with Gasteiger partial charge in [-0.15, -0.1) is 0 Å². The summed E-state index contributed by atoms with van der Waals surface area (Å²) in [5.41, 5.74) is 0.112. The first-order valence-corrected chi connectivity index (χ1v) is 12.6. The second-order valence-corrected chi connectivity index (χ2v) is 11.2. The van der Waals surface area contributed by atoms with E-state index in [1.807, 2.05) is 4.90 Å². The van der Waals surface area contributed by atoms with Crippen LogP contribution in [0.1, 0.15) is 96.0 Å². The fourth-order valence-electron chi connectivity index (χ4n) is 4.53. The number of ether oxygens (including phenoxy) is 2. The Hall–Kier alpha value is -2.15. The van der Waals surface area contributed by atoms with Gasteiger partial charge in [0.05, 0.1) is 18.7 Å². The van der Waals surface area contributed by atoms with Gasteiger partial charge in [-0.1, -0.05) is 0 Å². The SMILES string of the molecule is CC(C)N(CC(=O)N1CCC[C@@H](Oc2cc(F)c(C(=O)OC(C)(C)C)cc2C2CC2)C1)C(C)C. The zero-order valence-corrected chi connectivity index (χ0v) is 21.8. The zero-order chi connectivity index (χ0) is 25.2. The molecule has 34 heavy (non-hydrogen) atoms. The number of nitrogens with zero attached hydrogens (tertiary/aromatic N) is 2. The van der Waals surface area contributed by atoms with Crippen molar-refractivity contribution >= 4 is 11.9 Å². The zero-order valence-electron chi connectivity index (χ0n) is 21.8. The number of carbonyl (C=O) groups excluding carboxylic acids is 2. The van der Waals surface area contributed by atoms with Gasteiger partial charge in [0.1, 0.15) is 23.3 Å². The maximum atomic E-state index is 14.9. The van der Waals surface area contributed by atoms with Crippen LogP contribution in [0.4, 0.5) is 4.39 Å². The Kier molecular flexibility index (Phi) is 8.27. The summed E-state index contributed by atoms with van der Waals surface area (Å²) in [6.45, 7) is 15.3. The van der Waals surface area contributed by atoms with Gasteiger partial charge in [0.2, 0.25) is 5.91 Å². The topological polar surface area (TPSA) is 59.1 Å². The number of amides is 1. The van der Waals surface area contributed by atoms with Crippen LogP contribution in [-0.4, -0.2) is 65.1 Å². The molecule has 3 rings (SSSR count). The van der Waals surface area contributed by atoms with Crippen molar-refractivity contribution in [2.45, 2.75) is 104 Å². The summed E-state index contributed by atoms with van der Waals surface area (Å²) in [6.07, 6.45) is 3.43. The lowest BCUT2D eigenvalue weighted by atomic mass is 10.0. The molecule has 190 valence electrons. The highest BCUT2D eigenvalue weighted by Crippen LogP contribution is 2.45. The summed E-state index contributed by atoms with van der Waals surface area (Å²) in [5.74, 6) is -0.444. The van der Waals surface area contributed by atoms with Crippen molar-refractivity contribution in [3.8, 4) is 5.75 Å². The van der Waals surface area contributed by atoms with Crippen LogP contribution in [0.3, 0.4) is 0 Å². The molecular weight excluding hydrogens is 435 g/mol. The summed E-state index contributed by atoms with van der Waals surface area (Å²) in [4.78, 5) is 29.6. The van der Waals surface area contributed by atoms with Crippen LogP contribution in [-0.2, 0) is 9.53 Å². The number of benzene rings is 1. The van der Waals surface area contributed by atoms with Gasteiger partial charge in [-0.25, -0.2) is 9.18 Å². The predicted octanol–water partition coefficient (Wildman–Crippen LogP) is 5.15. The fraction of sp³-hybridized carbons (Fsp3) is 0.704. The van der Waals surface area contributed by atoms with Crippen molar-refractivity contribution in [1.82, 2.24) is 9.80 Å². The van der Waals surface area contributed by atoms with Crippen LogP contribution >= 0.6 is 0 Å². The molecule has 1 saturated carbocycles. The molecule has 2 fully saturated rings. The average Bonchev–Trinajstić information content (AvgIpc) is 3.55. The summed E-state index contributed by atoms with van der Waals surface area (Å²) in [6, 6.07) is 3.50. The van der Waals surface area contributed by atoms with Crippen LogP contribution in [0, 0.1) is 5.82 Å². The molecule has 1 amide bonds. The minimum absolute atomic E-state index is 0.0490. The second kappa shape index (κ2) is 10.6. The van der Waals surface area contributed by atoms with E-state index in [2.05, 4.69) is 32.6 Å². The molecule has 0 N–H and O–H groups in total. The Bertz CT molecular complexity index is 881. The molecule has 1 aromatic carbocycles. The maximum absolute atomic E-state index is 14.9. The standard InChI is InChI=1S/C27H41FN2O4/c1-17(2)30(18(3)4)16-25(31)29-12-8-9-20(15-29)33-24-14-23(28)22(13-21(24)19-10-11-19)26(32)34-27(5,6)7/h13-14,17-20H,8-12,15-16H2,1-7H3/t20-/m1/s1. The van der Waals surface area contributed by atoms with Crippen molar-refractivity contribution in [3.63, 3.8) is 0 Å². The smallest absolute Gasteiger partial charge is 0.341 e. The second-order valence-electron chi connectivity index (χ2n) is 11.2. The number of piperidine rings is 1. The molecule has 0 aromatic heterocycles. The Morgan fingerprint density at radius 1 is 1.12 bits per heavy atom. The van der Waals surface area contributed by atoms with E-state index in [0.717, 1.165) is 31.2 Å². The van der Waals surface area contributed by atoms with E-state index in [0.29, 0.717) is 25.4 Å². The van der Waals surface area contributed by atoms with Gasteiger partial charge in [0, 0.05) is 24.7 Å². The number of hydrogen-bond acceptors (Lipinski definition) is 5. The van der Waals surface area contributed by atoms with E-state index < -0.39 is 17.4 Å². The number of likely N-dealkylation sites (tertiary alicyclic amines) is 1. The average molecular weight is 477 g/mol. The van der Waals surface area contributed by atoms with Crippen molar-refractivity contribution < 1.29 is 23.5 Å². The molecule has 1 saturated heterocycles. The molecule has 1 aromatic rings. The van der Waals surface area contributed by atoms with Crippen LogP contribution in [0.2, 0.25) is 0 Å². The molecule has 1 aliphatic carbocycles. The third-order valence-corrected chi connectivity index (χ3v) is 6.40. The molecule has 0 bridgehead atoms. The van der Waals surface area contributed by atoms with Crippen molar-refractivity contribution in [3.05, 3.63) is 29.1 Å². The van der Waals surface area contributed by atoms with Gasteiger partial charge in [-0.05, 0) is 91.7 Å². The lowest BCUT2D eigenvalue weighted by Crippen LogP contribution is -2.50. The Morgan fingerprint density at radius 3 is 2.32 bits per heavy atom. The summed E-state index contributed by atoms with van der Waals surface area (Å²) in [5, 5.41) is 0.